The lowest BCUT2D eigenvalue weighted by atomic mass is 9.79. The molecule has 1 saturated heterocycles. The van der Waals surface area contributed by atoms with Crippen LogP contribution in [0.1, 0.15) is 18.7 Å². The number of pyridine rings is 1. The number of nitrogens with zero attached hydrogens (tertiary/aromatic N) is 3. The molecule has 0 aliphatic carbocycles. The van der Waals surface area contributed by atoms with Crippen molar-refractivity contribution >= 4 is 12.4 Å². The minimum absolute atomic E-state index is 0. The highest BCUT2D eigenvalue weighted by atomic mass is 35.5. The van der Waals surface area contributed by atoms with E-state index >= 15 is 0 Å². The third kappa shape index (κ3) is 3.63. The van der Waals surface area contributed by atoms with Gasteiger partial charge in [0.15, 0.2) is 0 Å². The first-order valence-electron chi connectivity index (χ1n) is 7.32. The first kappa shape index (κ1) is 17.7. The van der Waals surface area contributed by atoms with E-state index in [1.165, 1.54) is 0 Å². The lowest BCUT2D eigenvalue weighted by molar-refractivity contribution is 0.0850. The Morgan fingerprint density at radius 1 is 1.26 bits per heavy atom. The van der Waals surface area contributed by atoms with Gasteiger partial charge in [0.2, 0.25) is 17.6 Å². The molecule has 0 spiro atoms. The summed E-state index contributed by atoms with van der Waals surface area (Å²) in [6.45, 7) is 2.42. The molecule has 0 bridgehead atoms. The molecule has 0 atom stereocenters. The van der Waals surface area contributed by atoms with Crippen molar-refractivity contribution in [3.05, 3.63) is 24.2 Å². The molecule has 1 N–H and O–H groups in total. The fraction of sp³-hybridized carbons (Fsp3) is 0.533. The van der Waals surface area contributed by atoms with Crippen LogP contribution >= 0.6 is 12.4 Å². The van der Waals surface area contributed by atoms with Crippen LogP contribution in [0.5, 0.6) is 5.88 Å². The summed E-state index contributed by atoms with van der Waals surface area (Å²) >= 11 is 0. The van der Waals surface area contributed by atoms with Crippen LogP contribution in [0.15, 0.2) is 22.9 Å². The number of hydrogen-bond donors (Lipinski definition) is 1. The van der Waals surface area contributed by atoms with Gasteiger partial charge in [0.1, 0.15) is 0 Å². The van der Waals surface area contributed by atoms with Gasteiger partial charge in [-0.05, 0) is 32.0 Å². The van der Waals surface area contributed by atoms with Gasteiger partial charge < -0.3 is 19.3 Å². The van der Waals surface area contributed by atoms with E-state index < -0.39 is 0 Å². The van der Waals surface area contributed by atoms with Gasteiger partial charge in [-0.1, -0.05) is 5.16 Å². The average Bonchev–Trinajstić information content (AvgIpc) is 3.07. The molecule has 0 aromatic carbocycles. The van der Waals surface area contributed by atoms with E-state index in [0.29, 0.717) is 24.2 Å². The molecule has 8 heteroatoms. The summed E-state index contributed by atoms with van der Waals surface area (Å²) in [5, 5.41) is 7.45. The highest BCUT2D eigenvalue weighted by Crippen LogP contribution is 2.33. The van der Waals surface area contributed by atoms with Gasteiger partial charge in [0, 0.05) is 24.9 Å². The van der Waals surface area contributed by atoms with E-state index in [9.17, 15) is 0 Å². The second-order valence-corrected chi connectivity index (χ2v) is 5.48. The van der Waals surface area contributed by atoms with Crippen molar-refractivity contribution in [1.82, 2.24) is 20.4 Å². The predicted octanol–water partition coefficient (Wildman–Crippen LogP) is 1.83. The number of methoxy groups -OCH3 is 2. The monoisotopic (exact) mass is 340 g/mol. The summed E-state index contributed by atoms with van der Waals surface area (Å²) < 4.78 is 16.0. The molecule has 23 heavy (non-hydrogen) atoms. The van der Waals surface area contributed by atoms with E-state index in [4.69, 9.17) is 14.0 Å². The van der Waals surface area contributed by atoms with Gasteiger partial charge >= 0.3 is 0 Å². The van der Waals surface area contributed by atoms with E-state index in [1.807, 2.05) is 6.07 Å². The fourth-order valence-corrected chi connectivity index (χ4v) is 2.79. The maximum atomic E-state index is 5.54. The number of halogens is 1. The van der Waals surface area contributed by atoms with Crippen LogP contribution in [-0.2, 0) is 10.2 Å². The van der Waals surface area contributed by atoms with Crippen LogP contribution in [0.2, 0.25) is 0 Å². The summed E-state index contributed by atoms with van der Waals surface area (Å²) in [5.41, 5.74) is 0.600. The molecule has 1 aliphatic heterocycles. The molecule has 3 rings (SSSR count). The lowest BCUT2D eigenvalue weighted by Gasteiger charge is -2.33. The number of piperidine rings is 1. The van der Waals surface area contributed by atoms with E-state index in [1.54, 1.807) is 26.5 Å². The predicted molar refractivity (Wildman–Crippen MR) is 87.0 cm³/mol. The highest BCUT2D eigenvalue weighted by Gasteiger charge is 2.39. The average molecular weight is 341 g/mol. The van der Waals surface area contributed by atoms with Gasteiger partial charge in [0.05, 0.1) is 19.1 Å². The van der Waals surface area contributed by atoms with E-state index in [-0.39, 0.29) is 17.8 Å². The maximum Gasteiger partial charge on any atom is 0.235 e. The van der Waals surface area contributed by atoms with E-state index in [0.717, 1.165) is 31.5 Å². The molecule has 0 amide bonds. The molecule has 2 aromatic rings. The van der Waals surface area contributed by atoms with E-state index in [2.05, 4.69) is 20.4 Å². The van der Waals surface area contributed by atoms with Crippen LogP contribution in [0.25, 0.3) is 11.4 Å². The molecule has 126 valence electrons. The fourth-order valence-electron chi connectivity index (χ4n) is 2.79. The first-order chi connectivity index (χ1) is 10.8. The zero-order valence-electron chi connectivity index (χ0n) is 13.2. The maximum absolute atomic E-state index is 5.54. The van der Waals surface area contributed by atoms with Crippen LogP contribution in [0.4, 0.5) is 0 Å². The van der Waals surface area contributed by atoms with Crippen molar-refractivity contribution in [2.75, 3.05) is 33.9 Å². The number of hydrogen-bond acceptors (Lipinski definition) is 7. The summed E-state index contributed by atoms with van der Waals surface area (Å²) in [4.78, 5) is 8.75. The Morgan fingerprint density at radius 2 is 2.04 bits per heavy atom. The zero-order valence-corrected chi connectivity index (χ0v) is 14.1. The minimum Gasteiger partial charge on any atom is -0.481 e. The molecule has 0 radical (unpaired) electrons. The summed E-state index contributed by atoms with van der Waals surface area (Å²) in [6.07, 6.45) is 3.52. The highest BCUT2D eigenvalue weighted by molar-refractivity contribution is 5.85. The van der Waals surface area contributed by atoms with Gasteiger partial charge in [0.25, 0.3) is 0 Å². The Morgan fingerprint density at radius 3 is 2.65 bits per heavy atom. The Hall–Kier alpha value is -1.70. The quantitative estimate of drug-likeness (QED) is 0.889. The molecular weight excluding hydrogens is 320 g/mol. The standard InChI is InChI=1S/C15H20N4O3.ClH/c1-20-10-15(5-7-16-8-6-15)14-18-13(19-22-14)11-3-4-12(21-2)17-9-11;/h3-4,9,16H,5-8,10H2,1-2H3;1H. The molecule has 3 heterocycles. The van der Waals surface area contributed by atoms with Gasteiger partial charge in [-0.15, -0.1) is 12.4 Å². The van der Waals surface area contributed by atoms with Crippen molar-refractivity contribution in [2.24, 2.45) is 0 Å². The second-order valence-electron chi connectivity index (χ2n) is 5.48. The molecule has 2 aromatic heterocycles. The summed E-state index contributed by atoms with van der Waals surface area (Å²) in [6, 6.07) is 3.65. The largest absolute Gasteiger partial charge is 0.481 e. The molecular formula is C15H21ClN4O3. The Kier molecular flexibility index (Phi) is 5.92. The second kappa shape index (κ2) is 7.72. The van der Waals surface area contributed by atoms with Crippen LogP contribution < -0.4 is 10.1 Å². The summed E-state index contributed by atoms with van der Waals surface area (Å²) in [7, 11) is 3.29. The zero-order chi connectivity index (χ0) is 15.4. The molecule has 7 nitrogen and oxygen atoms in total. The van der Waals surface area contributed by atoms with Gasteiger partial charge in [-0.25, -0.2) is 4.98 Å². The van der Waals surface area contributed by atoms with Gasteiger partial charge in [-0.2, -0.15) is 4.98 Å². The first-order valence-corrected chi connectivity index (χ1v) is 7.32. The third-order valence-electron chi connectivity index (χ3n) is 4.06. The SMILES string of the molecule is COCC1(c2nc(-c3ccc(OC)nc3)no2)CCNCC1.Cl. The van der Waals surface area contributed by atoms with Crippen LogP contribution in [-0.4, -0.2) is 49.0 Å². The number of rotatable bonds is 5. The topological polar surface area (TPSA) is 82.3 Å². The molecule has 1 fully saturated rings. The smallest absolute Gasteiger partial charge is 0.235 e. The van der Waals surface area contributed by atoms with Crippen molar-refractivity contribution in [3.8, 4) is 17.3 Å². The van der Waals surface area contributed by atoms with Crippen molar-refractivity contribution in [2.45, 2.75) is 18.3 Å². The number of aromatic nitrogens is 3. The molecule has 0 unspecified atom stereocenters. The van der Waals surface area contributed by atoms with Crippen LogP contribution in [0, 0.1) is 0 Å². The Labute approximate surface area is 141 Å². The van der Waals surface area contributed by atoms with Crippen molar-refractivity contribution in [1.29, 1.82) is 0 Å². The summed E-state index contributed by atoms with van der Waals surface area (Å²) in [5.74, 6) is 1.74. The molecule has 1 aliphatic rings. The molecule has 0 saturated carbocycles. The Bertz CT molecular complexity index is 606. The van der Waals surface area contributed by atoms with Crippen molar-refractivity contribution in [3.63, 3.8) is 0 Å². The van der Waals surface area contributed by atoms with Gasteiger partial charge in [-0.3, -0.25) is 0 Å². The van der Waals surface area contributed by atoms with Crippen LogP contribution in [0.3, 0.4) is 0 Å². The Balaban J connectivity index is 0.00000192. The normalized spacial score (nSPS) is 16.6. The third-order valence-corrected chi connectivity index (χ3v) is 4.06. The number of ether oxygens (including phenoxy) is 2. The number of nitrogens with one attached hydrogen (secondary N) is 1. The van der Waals surface area contributed by atoms with Crippen molar-refractivity contribution < 1.29 is 14.0 Å². The minimum atomic E-state index is -0.203. The lowest BCUT2D eigenvalue weighted by Crippen LogP contribution is -2.43.